The number of hydrogen-bond acceptors (Lipinski definition) is 2. The molecule has 1 aliphatic carbocycles. The maximum Gasteiger partial charge on any atom is 0.00450 e. The highest BCUT2D eigenvalue weighted by molar-refractivity contribution is 4.84. The van der Waals surface area contributed by atoms with Crippen molar-refractivity contribution in [3.05, 3.63) is 0 Å². The second-order valence-corrected chi connectivity index (χ2v) is 6.49. The van der Waals surface area contributed by atoms with Crippen molar-refractivity contribution < 1.29 is 0 Å². The fraction of sp³-hybridized carbons (Fsp3) is 1.00. The Morgan fingerprint density at radius 1 is 1.33 bits per heavy atom. The summed E-state index contributed by atoms with van der Waals surface area (Å²) in [6.45, 7) is 11.6. The highest BCUT2D eigenvalue weighted by Crippen LogP contribution is 2.26. The minimum absolute atomic E-state index is 0.431. The molecule has 2 nitrogen and oxygen atoms in total. The zero-order chi connectivity index (χ0) is 11.5. The maximum absolute atomic E-state index is 5.76. The van der Waals surface area contributed by atoms with E-state index in [1.54, 1.807) is 0 Å². The summed E-state index contributed by atoms with van der Waals surface area (Å²) in [6.07, 6.45) is 3.74. The van der Waals surface area contributed by atoms with Crippen LogP contribution in [0, 0.1) is 17.3 Å². The van der Waals surface area contributed by atoms with Crippen LogP contribution < -0.4 is 11.1 Å². The lowest BCUT2D eigenvalue weighted by Crippen LogP contribution is -2.43. The van der Waals surface area contributed by atoms with Crippen molar-refractivity contribution in [3.8, 4) is 0 Å². The molecule has 0 aliphatic heterocycles. The van der Waals surface area contributed by atoms with E-state index in [0.29, 0.717) is 11.5 Å². The predicted molar refractivity (Wildman–Crippen MR) is 66.8 cm³/mol. The summed E-state index contributed by atoms with van der Waals surface area (Å²) in [4.78, 5) is 0. The van der Waals surface area contributed by atoms with E-state index in [4.69, 9.17) is 5.73 Å². The molecule has 0 unspecified atom stereocenters. The molecule has 1 fully saturated rings. The maximum atomic E-state index is 5.76. The van der Waals surface area contributed by atoms with E-state index in [1.165, 1.54) is 19.3 Å². The van der Waals surface area contributed by atoms with Crippen LogP contribution in [0.5, 0.6) is 0 Å². The first-order chi connectivity index (χ1) is 6.89. The van der Waals surface area contributed by atoms with Gasteiger partial charge in [-0.1, -0.05) is 27.7 Å². The highest BCUT2D eigenvalue weighted by Gasteiger charge is 2.26. The summed E-state index contributed by atoms with van der Waals surface area (Å²) >= 11 is 0. The van der Waals surface area contributed by atoms with E-state index in [0.717, 1.165) is 24.9 Å². The predicted octanol–water partition coefficient (Wildman–Crippen LogP) is 2.39. The quantitative estimate of drug-likeness (QED) is 0.709. The van der Waals surface area contributed by atoms with Crippen LogP contribution in [0.1, 0.15) is 47.0 Å². The third kappa shape index (κ3) is 4.98. The Morgan fingerprint density at radius 3 is 2.40 bits per heavy atom. The first-order valence-corrected chi connectivity index (χ1v) is 6.35. The Balaban J connectivity index is 2.08. The van der Waals surface area contributed by atoms with Gasteiger partial charge in [0.05, 0.1) is 0 Å². The van der Waals surface area contributed by atoms with Crippen molar-refractivity contribution in [1.82, 2.24) is 5.32 Å². The van der Waals surface area contributed by atoms with Gasteiger partial charge >= 0.3 is 0 Å². The molecule has 1 aliphatic rings. The van der Waals surface area contributed by atoms with Crippen molar-refractivity contribution in [2.75, 3.05) is 13.1 Å². The number of nitrogens with two attached hydrogens (primary N) is 1. The topological polar surface area (TPSA) is 38.0 Å². The molecule has 0 radical (unpaired) electrons. The highest BCUT2D eigenvalue weighted by atomic mass is 14.9. The van der Waals surface area contributed by atoms with Gasteiger partial charge in [0.25, 0.3) is 0 Å². The lowest BCUT2D eigenvalue weighted by molar-refractivity contribution is 0.226. The van der Waals surface area contributed by atoms with Crippen molar-refractivity contribution in [2.45, 2.75) is 53.0 Å². The van der Waals surface area contributed by atoms with E-state index in [9.17, 15) is 0 Å². The summed E-state index contributed by atoms with van der Waals surface area (Å²) in [6, 6.07) is 0.487. The van der Waals surface area contributed by atoms with E-state index < -0.39 is 0 Å². The monoisotopic (exact) mass is 212 g/mol. The van der Waals surface area contributed by atoms with Gasteiger partial charge in [-0.05, 0) is 43.1 Å². The minimum Gasteiger partial charge on any atom is -0.328 e. The van der Waals surface area contributed by atoms with Gasteiger partial charge < -0.3 is 11.1 Å². The standard InChI is InChI=1S/C13H28N2/c1-10(2)7-13(3,4)9-15-8-11-5-12(14)6-11/h10-12,15H,5-9,14H2,1-4H3. The van der Waals surface area contributed by atoms with Gasteiger partial charge in [0, 0.05) is 12.6 Å². The van der Waals surface area contributed by atoms with Gasteiger partial charge in [-0.2, -0.15) is 0 Å². The molecule has 0 spiro atoms. The minimum atomic E-state index is 0.431. The second-order valence-electron chi connectivity index (χ2n) is 6.49. The molecular weight excluding hydrogens is 184 g/mol. The van der Waals surface area contributed by atoms with E-state index in [-0.39, 0.29) is 0 Å². The Morgan fingerprint density at radius 2 is 1.93 bits per heavy atom. The fourth-order valence-electron chi connectivity index (χ4n) is 2.75. The lowest BCUT2D eigenvalue weighted by atomic mass is 9.80. The van der Waals surface area contributed by atoms with Gasteiger partial charge in [0.1, 0.15) is 0 Å². The van der Waals surface area contributed by atoms with Gasteiger partial charge in [0.2, 0.25) is 0 Å². The molecule has 2 heteroatoms. The van der Waals surface area contributed by atoms with Gasteiger partial charge in [-0.25, -0.2) is 0 Å². The van der Waals surface area contributed by atoms with Crippen LogP contribution in [0.4, 0.5) is 0 Å². The van der Waals surface area contributed by atoms with Crippen LogP contribution in [0.3, 0.4) is 0 Å². The molecule has 3 N–H and O–H groups in total. The zero-order valence-electron chi connectivity index (χ0n) is 10.8. The molecule has 90 valence electrons. The summed E-state index contributed by atoms with van der Waals surface area (Å²) < 4.78 is 0. The van der Waals surface area contributed by atoms with Crippen LogP contribution in [0.15, 0.2) is 0 Å². The van der Waals surface area contributed by atoms with Gasteiger partial charge in [0.15, 0.2) is 0 Å². The smallest absolute Gasteiger partial charge is 0.00450 e. The molecule has 0 heterocycles. The van der Waals surface area contributed by atoms with Crippen molar-refractivity contribution in [3.63, 3.8) is 0 Å². The lowest BCUT2D eigenvalue weighted by Gasteiger charge is -2.34. The van der Waals surface area contributed by atoms with Crippen LogP contribution >= 0.6 is 0 Å². The molecule has 0 amide bonds. The Bertz CT molecular complexity index is 181. The normalized spacial score (nSPS) is 26.8. The third-order valence-electron chi connectivity index (χ3n) is 3.27. The molecule has 15 heavy (non-hydrogen) atoms. The zero-order valence-corrected chi connectivity index (χ0v) is 10.8. The SMILES string of the molecule is CC(C)CC(C)(C)CNCC1CC(N)C1. The van der Waals surface area contributed by atoms with E-state index >= 15 is 0 Å². The summed E-state index contributed by atoms with van der Waals surface area (Å²) in [5.74, 6) is 1.63. The van der Waals surface area contributed by atoms with Crippen molar-refractivity contribution >= 4 is 0 Å². The Hall–Kier alpha value is -0.0800. The van der Waals surface area contributed by atoms with Crippen LogP contribution in [-0.2, 0) is 0 Å². The van der Waals surface area contributed by atoms with Gasteiger partial charge in [-0.3, -0.25) is 0 Å². The van der Waals surface area contributed by atoms with Crippen LogP contribution in [0.25, 0.3) is 0 Å². The molecule has 0 saturated heterocycles. The number of hydrogen-bond donors (Lipinski definition) is 2. The summed E-state index contributed by atoms with van der Waals surface area (Å²) in [5, 5.41) is 3.60. The molecule has 0 aromatic rings. The molecule has 0 atom stereocenters. The van der Waals surface area contributed by atoms with Crippen molar-refractivity contribution in [2.24, 2.45) is 23.0 Å². The Labute approximate surface area is 95.0 Å². The van der Waals surface area contributed by atoms with Crippen LogP contribution in [0.2, 0.25) is 0 Å². The molecule has 0 aromatic heterocycles. The van der Waals surface area contributed by atoms with Crippen molar-refractivity contribution in [1.29, 1.82) is 0 Å². The fourth-order valence-corrected chi connectivity index (χ4v) is 2.75. The average Bonchev–Trinajstić information content (AvgIpc) is 1.97. The first kappa shape index (κ1) is 13.0. The third-order valence-corrected chi connectivity index (χ3v) is 3.27. The molecular formula is C13H28N2. The number of nitrogens with one attached hydrogen (secondary N) is 1. The summed E-state index contributed by atoms with van der Waals surface area (Å²) in [7, 11) is 0. The van der Waals surface area contributed by atoms with E-state index in [1.807, 2.05) is 0 Å². The second kappa shape index (κ2) is 5.31. The first-order valence-electron chi connectivity index (χ1n) is 6.35. The largest absolute Gasteiger partial charge is 0.328 e. The van der Waals surface area contributed by atoms with Crippen LogP contribution in [-0.4, -0.2) is 19.1 Å². The molecule has 0 aromatic carbocycles. The summed E-state index contributed by atoms with van der Waals surface area (Å²) in [5.41, 5.74) is 6.20. The molecule has 0 bridgehead atoms. The van der Waals surface area contributed by atoms with Gasteiger partial charge in [-0.15, -0.1) is 0 Å². The molecule has 1 rings (SSSR count). The molecule has 1 saturated carbocycles. The van der Waals surface area contributed by atoms with E-state index in [2.05, 4.69) is 33.0 Å². The Kier molecular flexibility index (Phi) is 4.60. The number of rotatable bonds is 6. The average molecular weight is 212 g/mol.